The zero-order valence-corrected chi connectivity index (χ0v) is 14.4. The van der Waals surface area contributed by atoms with Crippen molar-refractivity contribution >= 4 is 24.4 Å². The second kappa shape index (κ2) is 20.6. The van der Waals surface area contributed by atoms with E-state index in [1.54, 1.807) is 6.92 Å². The molecule has 0 saturated heterocycles. The molecule has 1 unspecified atom stereocenters. The van der Waals surface area contributed by atoms with Gasteiger partial charge in [-0.15, -0.1) is 0 Å². The van der Waals surface area contributed by atoms with Crippen LogP contribution in [0.2, 0.25) is 0 Å². The number of aliphatic carboxylic acids is 2. The summed E-state index contributed by atoms with van der Waals surface area (Å²) in [6.45, 7) is 4.29. The Morgan fingerprint density at radius 3 is 2.04 bits per heavy atom. The van der Waals surface area contributed by atoms with Gasteiger partial charge in [0.2, 0.25) is 0 Å². The topological polar surface area (TPSA) is 165 Å². The Labute approximate surface area is 141 Å². The van der Waals surface area contributed by atoms with Gasteiger partial charge in [-0.2, -0.15) is 0 Å². The molecule has 0 fully saturated rings. The number of nitrogens with one attached hydrogen (secondary N) is 3. The number of hydrogen-bond acceptors (Lipinski definition) is 5. The Kier molecular flexibility index (Phi) is 22.8. The summed E-state index contributed by atoms with van der Waals surface area (Å²) in [5.41, 5.74) is 0. The van der Waals surface area contributed by atoms with Crippen molar-refractivity contribution in [2.24, 2.45) is 0 Å². The molecular weight excluding hydrogens is 322 g/mol. The highest BCUT2D eigenvalue weighted by atomic mass is 16.4. The first-order valence-electron chi connectivity index (χ1n) is 7.45. The fourth-order valence-corrected chi connectivity index (χ4v) is 1.20. The molecule has 0 aromatic carbocycles. The molecule has 2 amide bonds. The van der Waals surface area contributed by atoms with Crippen molar-refractivity contribution in [2.75, 3.05) is 20.1 Å². The first-order valence-corrected chi connectivity index (χ1v) is 7.45. The average molecular weight is 351 g/mol. The van der Waals surface area contributed by atoms with Crippen LogP contribution in [0.1, 0.15) is 39.5 Å². The number of amides is 2. The van der Waals surface area contributed by atoms with Crippen molar-refractivity contribution in [3.05, 3.63) is 0 Å². The van der Waals surface area contributed by atoms with Crippen LogP contribution in [0.3, 0.4) is 0 Å². The summed E-state index contributed by atoms with van der Waals surface area (Å²) in [4.78, 5) is 39.6. The van der Waals surface area contributed by atoms with Crippen LogP contribution < -0.4 is 16.0 Å². The lowest BCUT2D eigenvalue weighted by atomic mass is 10.2. The van der Waals surface area contributed by atoms with Crippen LogP contribution >= 0.6 is 0 Å². The molecule has 0 radical (unpaired) electrons. The van der Waals surface area contributed by atoms with Gasteiger partial charge in [0, 0.05) is 12.5 Å². The van der Waals surface area contributed by atoms with E-state index in [2.05, 4.69) is 22.9 Å². The molecule has 0 aromatic heterocycles. The van der Waals surface area contributed by atoms with Crippen LogP contribution in [-0.4, -0.2) is 65.9 Å². The maximum Gasteiger partial charge on any atom is 0.323 e. The minimum absolute atomic E-state index is 0.0413. The van der Waals surface area contributed by atoms with Gasteiger partial charge in [0.15, 0.2) is 0 Å². The van der Waals surface area contributed by atoms with E-state index < -0.39 is 24.5 Å². The summed E-state index contributed by atoms with van der Waals surface area (Å²) >= 11 is 0. The molecule has 1 atom stereocenters. The van der Waals surface area contributed by atoms with Crippen LogP contribution in [0.4, 0.5) is 4.79 Å². The van der Waals surface area contributed by atoms with E-state index in [9.17, 15) is 14.4 Å². The van der Waals surface area contributed by atoms with Crippen molar-refractivity contribution in [1.29, 1.82) is 0 Å². The number of urea groups is 1. The Hall–Kier alpha value is -2.36. The molecule has 0 rings (SSSR count). The van der Waals surface area contributed by atoms with Gasteiger partial charge >= 0.3 is 18.0 Å². The summed E-state index contributed by atoms with van der Waals surface area (Å²) in [7, 11) is 1.98. The first-order chi connectivity index (χ1) is 11.2. The number of carboxylic acid groups (broad SMARTS) is 3. The number of rotatable bonds is 9. The molecule has 0 aliphatic rings. The third kappa shape index (κ3) is 31.8. The van der Waals surface area contributed by atoms with Gasteiger partial charge in [0.25, 0.3) is 6.47 Å². The molecule has 142 valence electrons. The lowest BCUT2D eigenvalue weighted by molar-refractivity contribution is -0.137. The van der Waals surface area contributed by atoms with E-state index in [-0.39, 0.29) is 18.9 Å². The third-order valence-corrected chi connectivity index (χ3v) is 2.35. The third-order valence-electron chi connectivity index (χ3n) is 2.35. The van der Waals surface area contributed by atoms with E-state index in [0.717, 1.165) is 6.54 Å². The van der Waals surface area contributed by atoms with Crippen molar-refractivity contribution in [2.45, 2.75) is 45.6 Å². The van der Waals surface area contributed by atoms with Gasteiger partial charge in [0.05, 0.1) is 0 Å². The van der Waals surface area contributed by atoms with Crippen LogP contribution in [0, 0.1) is 0 Å². The molecule has 6 N–H and O–H groups in total. The Morgan fingerprint density at radius 1 is 1.17 bits per heavy atom. The fourth-order valence-electron chi connectivity index (χ4n) is 1.20. The van der Waals surface area contributed by atoms with Gasteiger partial charge in [-0.3, -0.25) is 14.4 Å². The zero-order valence-electron chi connectivity index (χ0n) is 14.4. The van der Waals surface area contributed by atoms with Crippen LogP contribution in [0.5, 0.6) is 0 Å². The summed E-state index contributed by atoms with van der Waals surface area (Å²) in [5.74, 6) is -2.07. The molecule has 10 nitrogen and oxygen atoms in total. The summed E-state index contributed by atoms with van der Waals surface area (Å²) < 4.78 is 0. The highest BCUT2D eigenvalue weighted by Crippen LogP contribution is 1.95. The quantitative estimate of drug-likeness (QED) is 0.255. The molecule has 0 heterocycles. The second-order valence-corrected chi connectivity index (χ2v) is 4.62. The minimum atomic E-state index is -1.14. The number of hydrogen-bond donors (Lipinski definition) is 6. The second-order valence-electron chi connectivity index (χ2n) is 4.62. The summed E-state index contributed by atoms with van der Waals surface area (Å²) in [5, 5.41) is 31.1. The van der Waals surface area contributed by atoms with Crippen molar-refractivity contribution in [3.63, 3.8) is 0 Å². The van der Waals surface area contributed by atoms with Gasteiger partial charge in [-0.05, 0) is 33.4 Å². The molecule has 0 spiro atoms. The van der Waals surface area contributed by atoms with Crippen molar-refractivity contribution in [3.8, 4) is 0 Å². The molecule has 0 aliphatic carbocycles. The Balaban J connectivity index is -0.000000405. The van der Waals surface area contributed by atoms with E-state index in [1.807, 2.05) is 7.05 Å². The molecule has 24 heavy (non-hydrogen) atoms. The highest BCUT2D eigenvalue weighted by Gasteiger charge is 2.09. The van der Waals surface area contributed by atoms with Gasteiger partial charge in [0.1, 0.15) is 6.54 Å². The Morgan fingerprint density at radius 2 is 1.71 bits per heavy atom. The average Bonchev–Trinajstić information content (AvgIpc) is 2.50. The SMILES string of the molecule is CC(CCC(=O)O)NC(=O)NCC(=O)O.CCCCNC.O=CO. The van der Waals surface area contributed by atoms with E-state index in [4.69, 9.17) is 20.1 Å². The minimum Gasteiger partial charge on any atom is -0.483 e. The summed E-state index contributed by atoms with van der Waals surface area (Å²) in [6.07, 6.45) is 2.85. The maximum absolute atomic E-state index is 11.0. The van der Waals surface area contributed by atoms with Crippen molar-refractivity contribution < 1.29 is 34.5 Å². The lowest BCUT2D eigenvalue weighted by Crippen LogP contribution is -2.42. The molecule has 10 heteroatoms. The highest BCUT2D eigenvalue weighted by molar-refractivity contribution is 5.80. The smallest absolute Gasteiger partial charge is 0.323 e. The maximum atomic E-state index is 11.0. The molecular formula is C14H29N3O7. The van der Waals surface area contributed by atoms with Crippen molar-refractivity contribution in [1.82, 2.24) is 16.0 Å². The van der Waals surface area contributed by atoms with E-state index >= 15 is 0 Å². The Bertz CT molecular complexity index is 347. The first kappa shape index (κ1) is 26.5. The van der Waals surface area contributed by atoms with E-state index in [1.165, 1.54) is 12.8 Å². The normalized spacial score (nSPS) is 9.96. The van der Waals surface area contributed by atoms with E-state index in [0.29, 0.717) is 6.42 Å². The molecule has 0 aliphatic heterocycles. The van der Waals surface area contributed by atoms with Crippen LogP contribution in [0.15, 0.2) is 0 Å². The van der Waals surface area contributed by atoms with Gasteiger partial charge in [-0.1, -0.05) is 13.3 Å². The zero-order chi connectivity index (χ0) is 19.4. The largest absolute Gasteiger partial charge is 0.483 e. The monoisotopic (exact) mass is 351 g/mol. The number of carbonyl (C=O) groups is 4. The summed E-state index contributed by atoms with van der Waals surface area (Å²) in [6, 6.07) is -0.926. The molecule has 0 saturated carbocycles. The van der Waals surface area contributed by atoms with Gasteiger partial charge < -0.3 is 31.3 Å². The van der Waals surface area contributed by atoms with Gasteiger partial charge in [-0.25, -0.2) is 4.79 Å². The predicted molar refractivity (Wildman–Crippen MR) is 88.0 cm³/mol. The molecule has 0 bridgehead atoms. The number of unbranched alkanes of at least 4 members (excludes halogenated alkanes) is 1. The standard InChI is InChI=1S/C8H14N2O5.C5H13N.CH2O2/c1-5(2-3-6(11)12)10-8(15)9-4-7(13)14;1-3-4-5-6-2;2-1-3/h5H,2-4H2,1H3,(H,11,12)(H,13,14)(H2,9,10,15);6H,3-5H2,1-2H3;1H,(H,2,3). The van der Waals surface area contributed by atoms with Crippen LogP contribution in [-0.2, 0) is 14.4 Å². The predicted octanol–water partition coefficient (Wildman–Crippen LogP) is 0.330. The lowest BCUT2D eigenvalue weighted by Gasteiger charge is -2.12. The fraction of sp³-hybridized carbons (Fsp3) is 0.714. The number of carboxylic acids is 2. The van der Waals surface area contributed by atoms with Crippen LogP contribution in [0.25, 0.3) is 0 Å². The molecule has 0 aromatic rings. The number of carbonyl (C=O) groups excluding carboxylic acids is 1.